The third-order valence-corrected chi connectivity index (χ3v) is 4.11. The van der Waals surface area contributed by atoms with Gasteiger partial charge in [-0.25, -0.2) is 4.98 Å². The number of carbonyl (C=O) groups is 1. The van der Waals surface area contributed by atoms with Crippen LogP contribution >= 0.6 is 0 Å². The smallest absolute Gasteiger partial charge is 0.211 e. The van der Waals surface area contributed by atoms with E-state index in [1.807, 2.05) is 66.7 Å². The average molecular weight is 297 g/mol. The number of aromatic nitrogens is 1. The van der Waals surface area contributed by atoms with Crippen LogP contribution in [0.1, 0.15) is 21.6 Å². The summed E-state index contributed by atoms with van der Waals surface area (Å²) in [6, 6.07) is 23.6. The van der Waals surface area contributed by atoms with Crippen LogP contribution in [0.2, 0.25) is 0 Å². The van der Waals surface area contributed by atoms with Crippen LogP contribution in [0.3, 0.4) is 0 Å². The van der Waals surface area contributed by atoms with E-state index in [0.29, 0.717) is 11.3 Å². The van der Waals surface area contributed by atoms with Gasteiger partial charge in [0.25, 0.3) is 0 Å². The summed E-state index contributed by atoms with van der Waals surface area (Å²) in [6.45, 7) is 2.05. The van der Waals surface area contributed by atoms with Gasteiger partial charge in [0.15, 0.2) is 0 Å². The van der Waals surface area contributed by atoms with E-state index in [9.17, 15) is 4.79 Å². The minimum absolute atomic E-state index is 0.0377. The maximum Gasteiger partial charge on any atom is 0.211 e. The summed E-state index contributed by atoms with van der Waals surface area (Å²) < 4.78 is 0. The van der Waals surface area contributed by atoms with Crippen molar-refractivity contribution in [2.24, 2.45) is 0 Å². The number of hydrogen-bond acceptors (Lipinski definition) is 2. The third kappa shape index (κ3) is 2.38. The highest BCUT2D eigenvalue weighted by atomic mass is 16.1. The number of ketones is 1. The first kappa shape index (κ1) is 13.6. The van der Waals surface area contributed by atoms with Crippen molar-refractivity contribution in [3.63, 3.8) is 0 Å². The van der Waals surface area contributed by atoms with Gasteiger partial charge in [0.2, 0.25) is 5.78 Å². The lowest BCUT2D eigenvalue weighted by molar-refractivity contribution is 0.103. The number of aryl methyl sites for hydroxylation is 1. The van der Waals surface area contributed by atoms with Gasteiger partial charge in [-0.1, -0.05) is 60.2 Å². The quantitative estimate of drug-likeness (QED) is 0.491. The fourth-order valence-electron chi connectivity index (χ4n) is 2.93. The number of fused-ring (bicyclic) bond motifs is 2. The maximum atomic E-state index is 12.9. The Morgan fingerprint density at radius 1 is 0.826 bits per heavy atom. The SMILES string of the molecule is Cc1ccc2nc(C(=O)c3cccc4ccccc34)ccc2c1. The van der Waals surface area contributed by atoms with Crippen LogP contribution in [0.15, 0.2) is 72.8 Å². The largest absolute Gasteiger partial charge is 0.287 e. The molecule has 0 aliphatic rings. The molecule has 0 radical (unpaired) electrons. The van der Waals surface area contributed by atoms with Gasteiger partial charge in [-0.2, -0.15) is 0 Å². The standard InChI is InChI=1S/C21H15NO/c1-14-9-11-19-16(13-14)10-12-20(22-19)21(23)18-8-4-6-15-5-2-3-7-17(15)18/h2-13H,1H3. The first-order valence-corrected chi connectivity index (χ1v) is 7.62. The maximum absolute atomic E-state index is 12.9. The molecule has 0 amide bonds. The molecule has 3 aromatic carbocycles. The lowest BCUT2D eigenvalue weighted by atomic mass is 9.99. The van der Waals surface area contributed by atoms with E-state index >= 15 is 0 Å². The first-order chi connectivity index (χ1) is 11.2. The molecule has 1 heterocycles. The number of pyridine rings is 1. The van der Waals surface area contributed by atoms with Crippen LogP contribution in [0.4, 0.5) is 0 Å². The van der Waals surface area contributed by atoms with Crippen molar-refractivity contribution < 1.29 is 4.79 Å². The average Bonchev–Trinajstić information content (AvgIpc) is 2.60. The van der Waals surface area contributed by atoms with E-state index in [1.165, 1.54) is 5.56 Å². The number of hydrogen-bond donors (Lipinski definition) is 0. The van der Waals surface area contributed by atoms with Crippen LogP contribution in [-0.4, -0.2) is 10.8 Å². The number of carbonyl (C=O) groups excluding carboxylic acids is 1. The van der Waals surface area contributed by atoms with Crippen LogP contribution < -0.4 is 0 Å². The highest BCUT2D eigenvalue weighted by molar-refractivity contribution is 6.16. The van der Waals surface area contributed by atoms with Crippen LogP contribution in [-0.2, 0) is 0 Å². The molecule has 0 saturated heterocycles. The molecule has 0 bridgehead atoms. The van der Waals surface area contributed by atoms with Gasteiger partial charge in [0, 0.05) is 10.9 Å². The third-order valence-electron chi connectivity index (χ3n) is 4.11. The fourth-order valence-corrected chi connectivity index (χ4v) is 2.93. The summed E-state index contributed by atoms with van der Waals surface area (Å²) in [4.78, 5) is 17.5. The summed E-state index contributed by atoms with van der Waals surface area (Å²) in [5, 5.41) is 3.08. The molecule has 0 unspecified atom stereocenters. The number of benzene rings is 3. The van der Waals surface area contributed by atoms with Crippen molar-refractivity contribution in [3.05, 3.63) is 89.6 Å². The highest BCUT2D eigenvalue weighted by Gasteiger charge is 2.14. The molecule has 0 saturated carbocycles. The molecule has 0 aliphatic carbocycles. The molecule has 1 aromatic heterocycles. The highest BCUT2D eigenvalue weighted by Crippen LogP contribution is 2.22. The zero-order valence-corrected chi connectivity index (χ0v) is 12.8. The molecule has 4 rings (SSSR count). The van der Waals surface area contributed by atoms with Gasteiger partial charge in [0.1, 0.15) is 5.69 Å². The van der Waals surface area contributed by atoms with E-state index in [4.69, 9.17) is 0 Å². The second-order valence-electron chi connectivity index (χ2n) is 5.75. The van der Waals surface area contributed by atoms with Gasteiger partial charge < -0.3 is 0 Å². The van der Waals surface area contributed by atoms with Gasteiger partial charge in [-0.05, 0) is 35.9 Å². The molecule has 2 heteroatoms. The molecule has 2 nitrogen and oxygen atoms in total. The topological polar surface area (TPSA) is 30.0 Å². The summed E-state index contributed by atoms with van der Waals surface area (Å²) in [6.07, 6.45) is 0. The van der Waals surface area contributed by atoms with Gasteiger partial charge in [-0.3, -0.25) is 4.79 Å². The molecular weight excluding hydrogens is 282 g/mol. The Hall–Kier alpha value is -3.00. The van der Waals surface area contributed by atoms with E-state index in [0.717, 1.165) is 21.7 Å². The summed E-state index contributed by atoms with van der Waals surface area (Å²) in [7, 11) is 0. The zero-order chi connectivity index (χ0) is 15.8. The fraction of sp³-hybridized carbons (Fsp3) is 0.0476. The Kier molecular flexibility index (Phi) is 3.16. The number of rotatable bonds is 2. The zero-order valence-electron chi connectivity index (χ0n) is 12.8. The van der Waals surface area contributed by atoms with Gasteiger partial charge >= 0.3 is 0 Å². The lowest BCUT2D eigenvalue weighted by Gasteiger charge is -2.06. The molecule has 4 aromatic rings. The van der Waals surface area contributed by atoms with Crippen LogP contribution in [0, 0.1) is 6.92 Å². The number of nitrogens with zero attached hydrogens (tertiary/aromatic N) is 1. The van der Waals surface area contributed by atoms with Crippen molar-refractivity contribution in [1.82, 2.24) is 4.98 Å². The second kappa shape index (κ2) is 5.33. The Morgan fingerprint density at radius 2 is 1.65 bits per heavy atom. The van der Waals surface area contributed by atoms with Crippen LogP contribution in [0.5, 0.6) is 0 Å². The normalized spacial score (nSPS) is 11.0. The summed E-state index contributed by atoms with van der Waals surface area (Å²) >= 11 is 0. The molecule has 0 N–H and O–H groups in total. The van der Waals surface area contributed by atoms with Crippen molar-refractivity contribution in [1.29, 1.82) is 0 Å². The Morgan fingerprint density at radius 3 is 2.57 bits per heavy atom. The van der Waals surface area contributed by atoms with Crippen LogP contribution in [0.25, 0.3) is 21.7 Å². The van der Waals surface area contributed by atoms with E-state index < -0.39 is 0 Å². The molecule has 0 fully saturated rings. The molecule has 110 valence electrons. The van der Waals surface area contributed by atoms with Crippen molar-refractivity contribution >= 4 is 27.5 Å². The van der Waals surface area contributed by atoms with E-state index in [2.05, 4.69) is 18.0 Å². The molecule has 23 heavy (non-hydrogen) atoms. The van der Waals surface area contributed by atoms with Gasteiger partial charge in [0.05, 0.1) is 5.52 Å². The van der Waals surface area contributed by atoms with Crippen molar-refractivity contribution in [2.75, 3.05) is 0 Å². The molecule has 0 spiro atoms. The lowest BCUT2D eigenvalue weighted by Crippen LogP contribution is -2.05. The van der Waals surface area contributed by atoms with E-state index in [-0.39, 0.29) is 5.78 Å². The first-order valence-electron chi connectivity index (χ1n) is 7.62. The van der Waals surface area contributed by atoms with Crippen molar-refractivity contribution in [2.45, 2.75) is 6.92 Å². The Bertz CT molecular complexity index is 1040. The second-order valence-corrected chi connectivity index (χ2v) is 5.75. The monoisotopic (exact) mass is 297 g/mol. The molecule has 0 aliphatic heterocycles. The predicted molar refractivity (Wildman–Crippen MR) is 93.9 cm³/mol. The van der Waals surface area contributed by atoms with Gasteiger partial charge in [-0.15, -0.1) is 0 Å². The summed E-state index contributed by atoms with van der Waals surface area (Å²) in [5.41, 5.74) is 3.22. The van der Waals surface area contributed by atoms with Crippen molar-refractivity contribution in [3.8, 4) is 0 Å². The molecular formula is C21H15NO. The molecule has 0 atom stereocenters. The summed E-state index contributed by atoms with van der Waals surface area (Å²) in [5.74, 6) is -0.0377. The predicted octanol–water partition coefficient (Wildman–Crippen LogP) is 4.93. The van der Waals surface area contributed by atoms with E-state index in [1.54, 1.807) is 0 Å². The Labute approximate surface area is 134 Å². The Balaban J connectivity index is 1.86. The minimum atomic E-state index is -0.0377. The minimum Gasteiger partial charge on any atom is -0.287 e.